The minimum absolute atomic E-state index is 0.496. The lowest BCUT2D eigenvalue weighted by Crippen LogP contribution is -1.82. The second-order valence-electron chi connectivity index (χ2n) is 2.42. The van der Waals surface area contributed by atoms with E-state index < -0.39 is 0 Å². The van der Waals surface area contributed by atoms with Crippen LogP contribution in [-0.4, -0.2) is 12.8 Å². The highest BCUT2D eigenvalue weighted by Gasteiger charge is 1.88. The molecule has 0 aromatic heterocycles. The highest BCUT2D eigenvalue weighted by atomic mass is 35.5. The summed E-state index contributed by atoms with van der Waals surface area (Å²) in [5.74, 6) is 0.496. The van der Waals surface area contributed by atoms with Crippen LogP contribution in [0.2, 0.25) is 0 Å². The van der Waals surface area contributed by atoms with Crippen LogP contribution in [0.5, 0.6) is 0 Å². The summed E-state index contributed by atoms with van der Waals surface area (Å²) < 4.78 is 0. The van der Waals surface area contributed by atoms with Crippen molar-refractivity contribution in [3.8, 4) is 0 Å². The molecule has 0 saturated carbocycles. The van der Waals surface area contributed by atoms with E-state index in [0.717, 1.165) is 11.6 Å². The van der Waals surface area contributed by atoms with E-state index in [4.69, 9.17) is 11.6 Å². The first-order valence-corrected chi connectivity index (χ1v) is 3.91. The molecule has 0 rings (SSSR count). The van der Waals surface area contributed by atoms with Crippen LogP contribution in [0, 0.1) is 5.92 Å². The molecule has 0 aliphatic rings. The number of nitrogens with zero attached hydrogens (tertiary/aromatic N) is 1. The van der Waals surface area contributed by atoms with Crippen LogP contribution in [0.25, 0.3) is 0 Å². The van der Waals surface area contributed by atoms with E-state index in [1.807, 2.05) is 13.0 Å². The number of hydrogen-bond donors (Lipinski definition) is 0. The molecule has 0 bridgehead atoms. The van der Waals surface area contributed by atoms with Crippen molar-refractivity contribution in [2.75, 3.05) is 6.54 Å². The van der Waals surface area contributed by atoms with Crippen LogP contribution in [0.15, 0.2) is 16.1 Å². The van der Waals surface area contributed by atoms with Crippen molar-refractivity contribution >= 4 is 17.8 Å². The van der Waals surface area contributed by atoms with Crippen LogP contribution in [-0.2, 0) is 0 Å². The molecule has 0 aliphatic carbocycles. The maximum Gasteiger partial charge on any atom is 0.0547 e. The Bertz CT molecular complexity index is 136. The molecule has 0 radical (unpaired) electrons. The second kappa shape index (κ2) is 5.48. The first-order valence-electron chi connectivity index (χ1n) is 3.54. The average molecular weight is 160 g/mol. The van der Waals surface area contributed by atoms with Crippen LogP contribution in [0.3, 0.4) is 0 Å². The van der Waals surface area contributed by atoms with E-state index in [1.165, 1.54) is 0 Å². The Morgan fingerprint density at radius 3 is 2.60 bits per heavy atom. The minimum Gasteiger partial charge on any atom is -0.292 e. The summed E-state index contributed by atoms with van der Waals surface area (Å²) in [6.45, 7) is 6.95. The third-order valence-corrected chi connectivity index (χ3v) is 1.11. The fourth-order valence-electron chi connectivity index (χ4n) is 0.540. The average Bonchev–Trinajstić information content (AvgIpc) is 1.82. The number of halogens is 1. The molecule has 2 heteroatoms. The van der Waals surface area contributed by atoms with Gasteiger partial charge in [0.25, 0.3) is 0 Å². The van der Waals surface area contributed by atoms with Crippen molar-refractivity contribution in [2.24, 2.45) is 10.9 Å². The van der Waals surface area contributed by atoms with Gasteiger partial charge in [-0.2, -0.15) is 0 Å². The summed E-state index contributed by atoms with van der Waals surface area (Å²) in [4.78, 5) is 4.00. The van der Waals surface area contributed by atoms with E-state index in [2.05, 4.69) is 18.8 Å². The number of allylic oxidation sites excluding steroid dienone is 2. The Hall–Kier alpha value is -0.300. The highest BCUT2D eigenvalue weighted by Crippen LogP contribution is 2.03. The molecule has 10 heavy (non-hydrogen) atoms. The standard InChI is InChI=1S/C8H14ClN/c1-4-10-6-8(9)5-7(2)3/h5-7H,4H2,1-3H3/b8-5+,10-6?. The number of aliphatic imine (C=N–C) groups is 1. The Balaban J connectivity index is 3.82. The van der Waals surface area contributed by atoms with Gasteiger partial charge in [0.2, 0.25) is 0 Å². The van der Waals surface area contributed by atoms with Gasteiger partial charge in [-0.15, -0.1) is 0 Å². The summed E-state index contributed by atoms with van der Waals surface area (Å²) in [6.07, 6.45) is 3.67. The second-order valence-corrected chi connectivity index (χ2v) is 2.86. The van der Waals surface area contributed by atoms with Gasteiger partial charge in [0, 0.05) is 12.8 Å². The largest absolute Gasteiger partial charge is 0.292 e. The molecule has 0 saturated heterocycles. The smallest absolute Gasteiger partial charge is 0.0547 e. The van der Waals surface area contributed by atoms with Gasteiger partial charge in [-0.3, -0.25) is 4.99 Å². The predicted octanol–water partition coefficient (Wildman–Crippen LogP) is 2.86. The SMILES string of the molecule is CCN=C/C(Cl)=C\C(C)C. The van der Waals surface area contributed by atoms with Crippen LogP contribution < -0.4 is 0 Å². The fraction of sp³-hybridized carbons (Fsp3) is 0.625. The van der Waals surface area contributed by atoms with E-state index >= 15 is 0 Å². The summed E-state index contributed by atoms with van der Waals surface area (Å²) in [6, 6.07) is 0. The van der Waals surface area contributed by atoms with Gasteiger partial charge in [-0.05, 0) is 12.8 Å². The lowest BCUT2D eigenvalue weighted by atomic mass is 10.2. The number of rotatable bonds is 3. The minimum atomic E-state index is 0.496. The number of hydrogen-bond acceptors (Lipinski definition) is 1. The first kappa shape index (κ1) is 9.70. The lowest BCUT2D eigenvalue weighted by molar-refractivity contribution is 0.831. The lowest BCUT2D eigenvalue weighted by Gasteiger charge is -1.93. The van der Waals surface area contributed by atoms with Gasteiger partial charge < -0.3 is 0 Å². The zero-order valence-electron chi connectivity index (χ0n) is 6.76. The molecular formula is C8H14ClN. The third kappa shape index (κ3) is 5.83. The van der Waals surface area contributed by atoms with Gasteiger partial charge >= 0.3 is 0 Å². The molecule has 0 heterocycles. The van der Waals surface area contributed by atoms with Crippen molar-refractivity contribution in [3.05, 3.63) is 11.1 Å². The van der Waals surface area contributed by atoms with E-state index in [-0.39, 0.29) is 0 Å². The summed E-state index contributed by atoms with van der Waals surface area (Å²) in [5.41, 5.74) is 0. The predicted molar refractivity (Wildman–Crippen MR) is 47.8 cm³/mol. The first-order chi connectivity index (χ1) is 4.66. The Morgan fingerprint density at radius 1 is 1.60 bits per heavy atom. The van der Waals surface area contributed by atoms with Crippen molar-refractivity contribution in [3.63, 3.8) is 0 Å². The third-order valence-electron chi connectivity index (χ3n) is 0.890. The van der Waals surface area contributed by atoms with Gasteiger partial charge in [-0.25, -0.2) is 0 Å². The van der Waals surface area contributed by atoms with E-state index in [1.54, 1.807) is 6.21 Å². The van der Waals surface area contributed by atoms with Gasteiger partial charge in [-0.1, -0.05) is 31.5 Å². The molecule has 0 atom stereocenters. The summed E-state index contributed by atoms with van der Waals surface area (Å²) >= 11 is 5.77. The monoisotopic (exact) mass is 159 g/mol. The maximum absolute atomic E-state index is 5.77. The molecule has 0 N–H and O–H groups in total. The summed E-state index contributed by atoms with van der Waals surface area (Å²) in [7, 11) is 0. The molecule has 0 aromatic rings. The Kier molecular flexibility index (Phi) is 5.32. The zero-order valence-corrected chi connectivity index (χ0v) is 7.52. The van der Waals surface area contributed by atoms with Crippen molar-refractivity contribution in [2.45, 2.75) is 20.8 Å². The molecule has 0 amide bonds. The van der Waals surface area contributed by atoms with Crippen LogP contribution in [0.4, 0.5) is 0 Å². The molecular weight excluding hydrogens is 146 g/mol. The molecule has 58 valence electrons. The van der Waals surface area contributed by atoms with Crippen molar-refractivity contribution in [1.82, 2.24) is 0 Å². The summed E-state index contributed by atoms with van der Waals surface area (Å²) in [5, 5.41) is 0.733. The van der Waals surface area contributed by atoms with Gasteiger partial charge in [0.15, 0.2) is 0 Å². The van der Waals surface area contributed by atoms with Gasteiger partial charge in [0.1, 0.15) is 0 Å². The molecule has 0 unspecified atom stereocenters. The normalized spacial score (nSPS) is 13.5. The van der Waals surface area contributed by atoms with E-state index in [9.17, 15) is 0 Å². The topological polar surface area (TPSA) is 12.4 Å². The van der Waals surface area contributed by atoms with Crippen molar-refractivity contribution in [1.29, 1.82) is 0 Å². The van der Waals surface area contributed by atoms with Crippen LogP contribution in [0.1, 0.15) is 20.8 Å². The zero-order chi connectivity index (χ0) is 7.98. The fourth-order valence-corrected chi connectivity index (χ4v) is 0.861. The Labute approximate surface area is 67.8 Å². The quantitative estimate of drug-likeness (QED) is 0.562. The van der Waals surface area contributed by atoms with Gasteiger partial charge in [0.05, 0.1) is 5.03 Å². The maximum atomic E-state index is 5.77. The highest BCUT2D eigenvalue weighted by molar-refractivity contribution is 6.39. The Morgan fingerprint density at radius 2 is 2.20 bits per heavy atom. The molecule has 0 spiro atoms. The van der Waals surface area contributed by atoms with Crippen molar-refractivity contribution < 1.29 is 0 Å². The molecule has 0 fully saturated rings. The van der Waals surface area contributed by atoms with Crippen LogP contribution >= 0.6 is 11.6 Å². The molecule has 1 nitrogen and oxygen atoms in total. The molecule has 0 aliphatic heterocycles. The van der Waals surface area contributed by atoms with E-state index in [0.29, 0.717) is 5.92 Å². The molecule has 0 aromatic carbocycles.